The van der Waals surface area contributed by atoms with E-state index in [2.05, 4.69) is 16.3 Å². The molecule has 0 atom stereocenters. The van der Waals surface area contributed by atoms with Gasteiger partial charge in [0.1, 0.15) is 5.82 Å². The molecule has 2 rings (SSSR count). The van der Waals surface area contributed by atoms with Gasteiger partial charge in [0.15, 0.2) is 5.82 Å². The second-order valence-electron chi connectivity index (χ2n) is 3.98. The molecule has 0 bridgehead atoms. The summed E-state index contributed by atoms with van der Waals surface area (Å²) in [5, 5.41) is 17.0. The lowest BCUT2D eigenvalue weighted by atomic mass is 10.1. The van der Waals surface area contributed by atoms with Gasteiger partial charge in [0.05, 0.1) is 24.8 Å². The summed E-state index contributed by atoms with van der Waals surface area (Å²) in [5.41, 5.74) is 7.17. The molecule has 6 heteroatoms. The number of hydrogen-bond donors (Lipinski definition) is 1. The van der Waals surface area contributed by atoms with Crippen LogP contribution >= 0.6 is 0 Å². The number of nitrogens with zero attached hydrogens (tertiary/aromatic N) is 4. The Morgan fingerprint density at radius 3 is 2.63 bits per heavy atom. The van der Waals surface area contributed by atoms with E-state index in [0.717, 1.165) is 17.2 Å². The zero-order valence-corrected chi connectivity index (χ0v) is 10.7. The predicted octanol–water partition coefficient (Wildman–Crippen LogP) is 0.922. The van der Waals surface area contributed by atoms with Crippen LogP contribution in [0.15, 0.2) is 24.3 Å². The van der Waals surface area contributed by atoms with Gasteiger partial charge < -0.3 is 15.0 Å². The number of nitriles is 1. The Morgan fingerprint density at radius 1 is 1.32 bits per heavy atom. The largest absolute Gasteiger partial charge is 0.383 e. The second kappa shape index (κ2) is 6.09. The van der Waals surface area contributed by atoms with E-state index in [9.17, 15) is 0 Å². The quantitative estimate of drug-likeness (QED) is 0.860. The average molecular weight is 257 g/mol. The van der Waals surface area contributed by atoms with Gasteiger partial charge in [0.25, 0.3) is 0 Å². The third kappa shape index (κ3) is 2.78. The van der Waals surface area contributed by atoms with Gasteiger partial charge in [-0.25, -0.2) is 0 Å². The smallest absolute Gasteiger partial charge is 0.164 e. The summed E-state index contributed by atoms with van der Waals surface area (Å²) in [7, 11) is 1.65. The maximum Gasteiger partial charge on any atom is 0.164 e. The van der Waals surface area contributed by atoms with Crippen molar-refractivity contribution in [2.45, 2.75) is 13.1 Å². The van der Waals surface area contributed by atoms with Crippen molar-refractivity contribution in [1.29, 1.82) is 5.26 Å². The number of ether oxygens (including phenoxy) is 1. The lowest BCUT2D eigenvalue weighted by molar-refractivity contribution is 0.186. The van der Waals surface area contributed by atoms with E-state index in [1.807, 2.05) is 16.7 Å². The van der Waals surface area contributed by atoms with Gasteiger partial charge in [-0.05, 0) is 24.3 Å². The van der Waals surface area contributed by atoms with Gasteiger partial charge in [0.2, 0.25) is 0 Å². The van der Waals surface area contributed by atoms with E-state index in [1.54, 1.807) is 19.2 Å². The van der Waals surface area contributed by atoms with Crippen molar-refractivity contribution >= 4 is 0 Å². The minimum atomic E-state index is 0.326. The summed E-state index contributed by atoms with van der Waals surface area (Å²) in [6.07, 6.45) is 0. The Hall–Kier alpha value is -2.23. The molecule has 0 saturated heterocycles. The van der Waals surface area contributed by atoms with Crippen LogP contribution in [-0.4, -0.2) is 28.5 Å². The molecule has 98 valence electrons. The molecule has 0 radical (unpaired) electrons. The van der Waals surface area contributed by atoms with Gasteiger partial charge in [-0.1, -0.05) is 0 Å². The molecule has 0 saturated carbocycles. The number of rotatable bonds is 5. The molecule has 0 spiro atoms. The fraction of sp³-hybridized carbons (Fsp3) is 0.308. The Morgan fingerprint density at radius 2 is 2.05 bits per heavy atom. The van der Waals surface area contributed by atoms with Crippen LogP contribution in [0.2, 0.25) is 0 Å². The lowest BCUT2D eigenvalue weighted by Gasteiger charge is -2.08. The van der Waals surface area contributed by atoms with Gasteiger partial charge in [-0.15, -0.1) is 10.2 Å². The van der Waals surface area contributed by atoms with Crippen LogP contribution in [-0.2, 0) is 17.8 Å². The summed E-state index contributed by atoms with van der Waals surface area (Å²) in [6.45, 7) is 1.53. The van der Waals surface area contributed by atoms with Crippen LogP contribution in [0, 0.1) is 11.3 Å². The number of benzene rings is 1. The zero-order valence-electron chi connectivity index (χ0n) is 10.7. The maximum atomic E-state index is 8.80. The Labute approximate surface area is 111 Å². The van der Waals surface area contributed by atoms with Crippen LogP contribution in [0.1, 0.15) is 11.4 Å². The second-order valence-corrected chi connectivity index (χ2v) is 3.98. The number of methoxy groups -OCH3 is 1. The van der Waals surface area contributed by atoms with Gasteiger partial charge >= 0.3 is 0 Å². The molecule has 6 nitrogen and oxygen atoms in total. The topological polar surface area (TPSA) is 89.8 Å². The summed E-state index contributed by atoms with van der Waals surface area (Å²) >= 11 is 0. The molecule has 0 fully saturated rings. The van der Waals surface area contributed by atoms with E-state index >= 15 is 0 Å². The van der Waals surface area contributed by atoms with Crippen molar-refractivity contribution in [1.82, 2.24) is 14.8 Å². The lowest BCUT2D eigenvalue weighted by Crippen LogP contribution is -2.12. The minimum Gasteiger partial charge on any atom is -0.383 e. The number of hydrogen-bond acceptors (Lipinski definition) is 5. The summed E-state index contributed by atoms with van der Waals surface area (Å²) < 4.78 is 7.02. The molecule has 1 aromatic carbocycles. The highest BCUT2D eigenvalue weighted by atomic mass is 16.5. The van der Waals surface area contributed by atoms with E-state index in [1.165, 1.54) is 0 Å². The third-order valence-electron chi connectivity index (χ3n) is 2.80. The van der Waals surface area contributed by atoms with Crippen LogP contribution in [0.3, 0.4) is 0 Å². The molecule has 1 aromatic heterocycles. The molecular formula is C13H15N5O. The highest BCUT2D eigenvalue weighted by Gasteiger charge is 2.12. The molecule has 2 N–H and O–H groups in total. The number of nitrogens with two attached hydrogens (primary N) is 1. The van der Waals surface area contributed by atoms with Crippen molar-refractivity contribution < 1.29 is 4.74 Å². The first-order valence-corrected chi connectivity index (χ1v) is 5.91. The van der Waals surface area contributed by atoms with Gasteiger partial charge in [0, 0.05) is 19.2 Å². The van der Waals surface area contributed by atoms with Gasteiger partial charge in [-0.2, -0.15) is 5.26 Å². The first kappa shape index (κ1) is 13.2. The number of aromatic nitrogens is 3. The fourth-order valence-corrected chi connectivity index (χ4v) is 1.81. The van der Waals surface area contributed by atoms with Crippen molar-refractivity contribution in [3.8, 4) is 17.5 Å². The highest BCUT2D eigenvalue weighted by Crippen LogP contribution is 2.18. The Bertz CT molecular complexity index is 582. The van der Waals surface area contributed by atoms with E-state index in [0.29, 0.717) is 25.3 Å². The zero-order chi connectivity index (χ0) is 13.7. The normalized spacial score (nSPS) is 10.4. The standard InChI is InChI=1S/C13H15N5O/c1-19-7-6-18-12(9-15)16-17-13(18)11-4-2-10(8-14)3-5-11/h2-5H,6-7,9,15H2,1H3. The van der Waals surface area contributed by atoms with E-state index in [-0.39, 0.29) is 0 Å². The molecule has 0 aliphatic carbocycles. The monoisotopic (exact) mass is 257 g/mol. The summed E-state index contributed by atoms with van der Waals surface area (Å²) in [5.74, 6) is 1.46. The van der Waals surface area contributed by atoms with Crippen LogP contribution in [0.4, 0.5) is 0 Å². The molecule has 0 unspecified atom stereocenters. The SMILES string of the molecule is COCCn1c(CN)nnc1-c1ccc(C#N)cc1. The van der Waals surface area contributed by atoms with Crippen molar-refractivity contribution in [2.24, 2.45) is 5.73 Å². The molecule has 19 heavy (non-hydrogen) atoms. The Balaban J connectivity index is 2.37. The minimum absolute atomic E-state index is 0.326. The van der Waals surface area contributed by atoms with Crippen LogP contribution < -0.4 is 5.73 Å². The van der Waals surface area contributed by atoms with E-state index in [4.69, 9.17) is 15.7 Å². The molecule has 0 aliphatic rings. The van der Waals surface area contributed by atoms with Crippen LogP contribution in [0.25, 0.3) is 11.4 Å². The molecule has 0 amide bonds. The maximum absolute atomic E-state index is 8.80. The van der Waals surface area contributed by atoms with Crippen LogP contribution in [0.5, 0.6) is 0 Å². The molecular weight excluding hydrogens is 242 g/mol. The van der Waals surface area contributed by atoms with Crippen molar-refractivity contribution in [2.75, 3.05) is 13.7 Å². The summed E-state index contributed by atoms with van der Waals surface area (Å²) in [4.78, 5) is 0. The molecule has 1 heterocycles. The van der Waals surface area contributed by atoms with Gasteiger partial charge in [-0.3, -0.25) is 0 Å². The van der Waals surface area contributed by atoms with Crippen molar-refractivity contribution in [3.05, 3.63) is 35.7 Å². The third-order valence-corrected chi connectivity index (χ3v) is 2.80. The highest BCUT2D eigenvalue weighted by molar-refractivity contribution is 5.56. The summed E-state index contributed by atoms with van der Waals surface area (Å²) in [6, 6.07) is 9.31. The molecule has 2 aromatic rings. The Kier molecular flexibility index (Phi) is 4.23. The van der Waals surface area contributed by atoms with E-state index < -0.39 is 0 Å². The average Bonchev–Trinajstić information content (AvgIpc) is 2.88. The first-order valence-electron chi connectivity index (χ1n) is 5.91. The first-order chi connectivity index (χ1) is 9.30. The van der Waals surface area contributed by atoms with Crippen molar-refractivity contribution in [3.63, 3.8) is 0 Å². The predicted molar refractivity (Wildman–Crippen MR) is 69.9 cm³/mol. The molecule has 0 aliphatic heterocycles. The fourth-order valence-electron chi connectivity index (χ4n) is 1.81.